The SMILES string of the molecule is CC1=CC(C)(C)Oc2ccc[c]c21. The number of ether oxygens (including phenoxy) is 1. The maximum absolute atomic E-state index is 5.78. The quantitative estimate of drug-likeness (QED) is 0.586. The summed E-state index contributed by atoms with van der Waals surface area (Å²) in [6.45, 7) is 6.22. The largest absolute Gasteiger partial charge is 0.483 e. The molecule has 13 heavy (non-hydrogen) atoms. The second-order valence-electron chi connectivity index (χ2n) is 3.94. The minimum atomic E-state index is -0.188. The number of rotatable bonds is 0. The monoisotopic (exact) mass is 173 g/mol. The highest BCUT2D eigenvalue weighted by atomic mass is 16.5. The van der Waals surface area contributed by atoms with E-state index in [1.54, 1.807) is 0 Å². The molecule has 1 heteroatoms. The van der Waals surface area contributed by atoms with E-state index in [1.807, 2.05) is 18.2 Å². The van der Waals surface area contributed by atoms with Crippen molar-refractivity contribution in [2.45, 2.75) is 26.4 Å². The molecular formula is C12H13O. The second-order valence-corrected chi connectivity index (χ2v) is 3.94. The van der Waals surface area contributed by atoms with Gasteiger partial charge in [0, 0.05) is 5.56 Å². The summed E-state index contributed by atoms with van der Waals surface area (Å²) in [6, 6.07) is 9.04. The number of hydrogen-bond acceptors (Lipinski definition) is 1. The van der Waals surface area contributed by atoms with Gasteiger partial charge in [-0.3, -0.25) is 0 Å². The number of hydrogen-bond donors (Lipinski definition) is 0. The van der Waals surface area contributed by atoms with Crippen LogP contribution in [0.4, 0.5) is 0 Å². The highest BCUT2D eigenvalue weighted by Gasteiger charge is 2.23. The van der Waals surface area contributed by atoms with E-state index >= 15 is 0 Å². The van der Waals surface area contributed by atoms with Crippen LogP contribution in [0, 0.1) is 6.07 Å². The van der Waals surface area contributed by atoms with Gasteiger partial charge in [-0.15, -0.1) is 0 Å². The molecule has 1 radical (unpaired) electrons. The zero-order valence-electron chi connectivity index (χ0n) is 8.22. The Morgan fingerprint density at radius 2 is 2.15 bits per heavy atom. The van der Waals surface area contributed by atoms with E-state index in [9.17, 15) is 0 Å². The van der Waals surface area contributed by atoms with Gasteiger partial charge < -0.3 is 4.74 Å². The average Bonchev–Trinajstić information content (AvgIpc) is 2.02. The molecule has 0 aromatic heterocycles. The summed E-state index contributed by atoms with van der Waals surface area (Å²) >= 11 is 0. The van der Waals surface area contributed by atoms with Gasteiger partial charge in [-0.05, 0) is 44.6 Å². The minimum Gasteiger partial charge on any atom is -0.483 e. The molecule has 1 aromatic carbocycles. The Morgan fingerprint density at radius 3 is 2.92 bits per heavy atom. The topological polar surface area (TPSA) is 9.23 Å². The van der Waals surface area contributed by atoms with Crippen molar-refractivity contribution < 1.29 is 4.74 Å². The van der Waals surface area contributed by atoms with Gasteiger partial charge in [0.1, 0.15) is 11.4 Å². The molecule has 1 aromatic rings. The molecule has 0 saturated heterocycles. The molecule has 0 saturated carbocycles. The van der Waals surface area contributed by atoms with Gasteiger partial charge in [-0.25, -0.2) is 0 Å². The molecule has 1 aliphatic heterocycles. The second kappa shape index (κ2) is 2.63. The number of benzene rings is 1. The molecule has 0 fully saturated rings. The lowest BCUT2D eigenvalue weighted by Gasteiger charge is -2.29. The van der Waals surface area contributed by atoms with Crippen molar-refractivity contribution in [3.05, 3.63) is 35.9 Å². The van der Waals surface area contributed by atoms with Gasteiger partial charge in [-0.1, -0.05) is 12.1 Å². The van der Waals surface area contributed by atoms with Gasteiger partial charge in [0.15, 0.2) is 0 Å². The predicted octanol–water partition coefficient (Wildman–Crippen LogP) is 3.06. The van der Waals surface area contributed by atoms with Gasteiger partial charge >= 0.3 is 0 Å². The highest BCUT2D eigenvalue weighted by molar-refractivity contribution is 5.71. The van der Waals surface area contributed by atoms with Gasteiger partial charge in [0.2, 0.25) is 0 Å². The van der Waals surface area contributed by atoms with Crippen molar-refractivity contribution in [2.24, 2.45) is 0 Å². The van der Waals surface area contributed by atoms with Crippen molar-refractivity contribution in [1.82, 2.24) is 0 Å². The van der Waals surface area contributed by atoms with Crippen LogP contribution in [-0.4, -0.2) is 5.60 Å². The van der Waals surface area contributed by atoms with Crippen molar-refractivity contribution in [3.63, 3.8) is 0 Å². The van der Waals surface area contributed by atoms with Crippen LogP contribution in [0.2, 0.25) is 0 Å². The first-order valence-corrected chi connectivity index (χ1v) is 4.48. The molecule has 0 unspecified atom stereocenters. The van der Waals surface area contributed by atoms with Crippen LogP contribution in [0.3, 0.4) is 0 Å². The summed E-state index contributed by atoms with van der Waals surface area (Å²) in [6.07, 6.45) is 2.13. The molecule has 1 aliphatic rings. The van der Waals surface area contributed by atoms with Crippen molar-refractivity contribution >= 4 is 5.57 Å². The van der Waals surface area contributed by atoms with Crippen molar-refractivity contribution in [3.8, 4) is 5.75 Å². The lowest BCUT2D eigenvalue weighted by molar-refractivity contribution is 0.158. The van der Waals surface area contributed by atoms with E-state index < -0.39 is 0 Å². The standard InChI is InChI=1S/C12H13O/c1-9-8-12(2,3)13-11-7-5-4-6-10(9)11/h4-5,7-8H,1-3H3. The summed E-state index contributed by atoms with van der Waals surface area (Å²) in [4.78, 5) is 0. The molecule has 1 heterocycles. The van der Waals surface area contributed by atoms with Crippen LogP contribution in [-0.2, 0) is 0 Å². The Kier molecular flexibility index (Phi) is 1.69. The normalized spacial score (nSPS) is 18.5. The Labute approximate surface area is 79.0 Å². The van der Waals surface area contributed by atoms with Crippen LogP contribution in [0.25, 0.3) is 5.57 Å². The van der Waals surface area contributed by atoms with E-state index in [-0.39, 0.29) is 5.60 Å². The highest BCUT2D eigenvalue weighted by Crippen LogP contribution is 2.34. The average molecular weight is 173 g/mol. The van der Waals surface area contributed by atoms with E-state index in [0.29, 0.717) is 0 Å². The molecule has 67 valence electrons. The van der Waals surface area contributed by atoms with Crippen LogP contribution in [0.1, 0.15) is 26.3 Å². The van der Waals surface area contributed by atoms with Crippen LogP contribution >= 0.6 is 0 Å². The van der Waals surface area contributed by atoms with Crippen LogP contribution in [0.15, 0.2) is 24.3 Å². The third-order valence-corrected chi connectivity index (χ3v) is 2.15. The molecule has 0 spiro atoms. The summed E-state index contributed by atoms with van der Waals surface area (Å²) in [5.74, 6) is 0.938. The van der Waals surface area contributed by atoms with Crippen LogP contribution in [0.5, 0.6) is 5.75 Å². The predicted molar refractivity (Wildman–Crippen MR) is 53.6 cm³/mol. The van der Waals surface area contributed by atoms with Gasteiger partial charge in [0.05, 0.1) is 0 Å². The number of fused-ring (bicyclic) bond motifs is 1. The third kappa shape index (κ3) is 1.46. The number of allylic oxidation sites excluding steroid dienone is 1. The lowest BCUT2D eigenvalue weighted by Crippen LogP contribution is -2.28. The van der Waals surface area contributed by atoms with E-state index in [4.69, 9.17) is 4.74 Å². The minimum absolute atomic E-state index is 0.188. The molecule has 0 N–H and O–H groups in total. The Hall–Kier alpha value is -1.24. The fourth-order valence-electron chi connectivity index (χ4n) is 1.72. The molecular weight excluding hydrogens is 160 g/mol. The molecule has 0 atom stereocenters. The third-order valence-electron chi connectivity index (χ3n) is 2.15. The fraction of sp³-hybridized carbons (Fsp3) is 0.333. The molecule has 2 rings (SSSR count). The first kappa shape index (κ1) is 8.36. The Balaban J connectivity index is 2.55. The van der Waals surface area contributed by atoms with E-state index in [2.05, 4.69) is 32.9 Å². The smallest absolute Gasteiger partial charge is 0.128 e. The first-order valence-electron chi connectivity index (χ1n) is 4.48. The maximum Gasteiger partial charge on any atom is 0.128 e. The summed E-state index contributed by atoms with van der Waals surface area (Å²) < 4.78 is 5.78. The summed E-state index contributed by atoms with van der Waals surface area (Å²) in [5.41, 5.74) is 2.14. The Morgan fingerprint density at radius 1 is 1.38 bits per heavy atom. The van der Waals surface area contributed by atoms with E-state index in [0.717, 1.165) is 11.3 Å². The van der Waals surface area contributed by atoms with Gasteiger partial charge in [0.25, 0.3) is 0 Å². The molecule has 0 amide bonds. The van der Waals surface area contributed by atoms with Gasteiger partial charge in [-0.2, -0.15) is 0 Å². The zero-order chi connectivity index (χ0) is 9.47. The van der Waals surface area contributed by atoms with Crippen LogP contribution < -0.4 is 4.74 Å². The fourth-order valence-corrected chi connectivity index (χ4v) is 1.72. The lowest BCUT2D eigenvalue weighted by atomic mass is 9.96. The first-order chi connectivity index (χ1) is 6.08. The zero-order valence-corrected chi connectivity index (χ0v) is 8.22. The Bertz CT molecular complexity index is 361. The van der Waals surface area contributed by atoms with Crippen molar-refractivity contribution in [1.29, 1.82) is 0 Å². The molecule has 0 aliphatic carbocycles. The maximum atomic E-state index is 5.78. The van der Waals surface area contributed by atoms with Crippen molar-refractivity contribution in [2.75, 3.05) is 0 Å². The summed E-state index contributed by atoms with van der Waals surface area (Å²) in [7, 11) is 0. The molecule has 0 bridgehead atoms. The molecule has 1 nitrogen and oxygen atoms in total. The summed E-state index contributed by atoms with van der Waals surface area (Å²) in [5, 5.41) is 0. The van der Waals surface area contributed by atoms with E-state index in [1.165, 1.54) is 5.57 Å².